The molecule has 74 valence electrons. The molecule has 0 bridgehead atoms. The highest BCUT2D eigenvalue weighted by atomic mass is 35.5. The number of anilines is 1. The lowest BCUT2D eigenvalue weighted by atomic mass is 10.3. The van der Waals surface area contributed by atoms with Crippen LogP contribution in [-0.4, -0.2) is 6.03 Å². The van der Waals surface area contributed by atoms with E-state index in [0.29, 0.717) is 0 Å². The Bertz CT molecular complexity index is 258. The molecule has 0 radical (unpaired) electrons. The summed E-state index contributed by atoms with van der Waals surface area (Å²) in [6.07, 6.45) is 0. The third-order valence-electron chi connectivity index (χ3n) is 1.18. The van der Waals surface area contributed by atoms with Gasteiger partial charge < -0.3 is 5.73 Å². The molecule has 0 saturated heterocycles. The van der Waals surface area contributed by atoms with Crippen molar-refractivity contribution in [2.45, 2.75) is 0 Å². The number of primary amides is 1. The monoisotopic (exact) mass is 226 g/mol. The highest BCUT2D eigenvalue weighted by Crippen LogP contribution is 2.12. The number of halogens is 3. The van der Waals surface area contributed by atoms with Gasteiger partial charge >= 0.3 is 6.03 Å². The SMILES string of the molecule is Cl.Cl.NC(=O)N(F)c1ccccc1. The first-order valence-corrected chi connectivity index (χ1v) is 3.02. The van der Waals surface area contributed by atoms with Gasteiger partial charge in [-0.25, -0.2) is 4.79 Å². The van der Waals surface area contributed by atoms with Gasteiger partial charge in [-0.1, -0.05) is 22.7 Å². The summed E-state index contributed by atoms with van der Waals surface area (Å²) in [5.74, 6) is 0. The molecule has 0 saturated carbocycles. The fourth-order valence-corrected chi connectivity index (χ4v) is 0.686. The molecule has 0 heterocycles. The van der Waals surface area contributed by atoms with Gasteiger partial charge in [0.1, 0.15) is 0 Å². The first-order chi connectivity index (χ1) is 5.22. The standard InChI is InChI=1S/C7H7FN2O.2ClH/c8-10(7(9)11)6-4-2-1-3-5-6;;/h1-5H,(H2,9,11);2*1H. The number of carbonyl (C=O) groups is 1. The number of nitrogens with two attached hydrogens (primary N) is 1. The van der Waals surface area contributed by atoms with Crippen molar-refractivity contribution in [1.29, 1.82) is 0 Å². The summed E-state index contributed by atoms with van der Waals surface area (Å²) in [4.78, 5) is 10.3. The van der Waals surface area contributed by atoms with Crippen molar-refractivity contribution in [2.24, 2.45) is 5.73 Å². The van der Waals surface area contributed by atoms with Crippen LogP contribution in [0, 0.1) is 0 Å². The van der Waals surface area contributed by atoms with E-state index in [9.17, 15) is 9.28 Å². The van der Waals surface area contributed by atoms with Crippen LogP contribution in [0.15, 0.2) is 30.3 Å². The zero-order valence-corrected chi connectivity index (χ0v) is 8.15. The number of nitrogens with zero attached hydrogens (tertiary/aromatic N) is 1. The Morgan fingerprint density at radius 3 is 2.08 bits per heavy atom. The molecule has 2 amide bonds. The molecule has 0 aromatic heterocycles. The largest absolute Gasteiger partial charge is 0.349 e. The second-order valence-corrected chi connectivity index (χ2v) is 1.95. The summed E-state index contributed by atoms with van der Waals surface area (Å²) >= 11 is 0. The minimum atomic E-state index is -1.11. The number of hydrogen-bond donors (Lipinski definition) is 1. The number of hydrogen-bond acceptors (Lipinski definition) is 1. The molecule has 1 aromatic carbocycles. The van der Waals surface area contributed by atoms with Gasteiger partial charge in [0.25, 0.3) is 0 Å². The van der Waals surface area contributed by atoms with Crippen LogP contribution in [0.2, 0.25) is 0 Å². The van der Waals surface area contributed by atoms with Gasteiger partial charge in [-0.15, -0.1) is 29.9 Å². The maximum absolute atomic E-state index is 12.6. The Kier molecular flexibility index (Phi) is 7.27. The summed E-state index contributed by atoms with van der Waals surface area (Å²) in [5, 5.41) is -0.111. The summed E-state index contributed by atoms with van der Waals surface area (Å²) in [6.45, 7) is 0. The van der Waals surface area contributed by atoms with Crippen LogP contribution in [0.1, 0.15) is 0 Å². The summed E-state index contributed by atoms with van der Waals surface area (Å²) < 4.78 is 12.6. The molecule has 3 nitrogen and oxygen atoms in total. The van der Waals surface area contributed by atoms with Crippen LogP contribution in [0.4, 0.5) is 15.0 Å². The van der Waals surface area contributed by atoms with Gasteiger partial charge in [0.2, 0.25) is 0 Å². The van der Waals surface area contributed by atoms with Crippen molar-refractivity contribution in [2.75, 3.05) is 5.12 Å². The van der Waals surface area contributed by atoms with Crippen molar-refractivity contribution >= 4 is 36.5 Å². The maximum Gasteiger partial charge on any atom is 0.347 e. The van der Waals surface area contributed by atoms with Gasteiger partial charge in [-0.3, -0.25) is 0 Å². The average molecular weight is 227 g/mol. The van der Waals surface area contributed by atoms with E-state index in [1.165, 1.54) is 12.1 Å². The van der Waals surface area contributed by atoms with E-state index in [-0.39, 0.29) is 35.6 Å². The predicted octanol–water partition coefficient (Wildman–Crippen LogP) is 2.30. The van der Waals surface area contributed by atoms with Crippen molar-refractivity contribution in [1.82, 2.24) is 0 Å². The van der Waals surface area contributed by atoms with Crippen LogP contribution in [0.3, 0.4) is 0 Å². The second kappa shape index (κ2) is 6.51. The predicted molar refractivity (Wildman–Crippen MR) is 54.1 cm³/mol. The van der Waals surface area contributed by atoms with Gasteiger partial charge in [0.15, 0.2) is 0 Å². The molecule has 13 heavy (non-hydrogen) atoms. The molecule has 0 spiro atoms. The molecule has 0 fully saturated rings. The Morgan fingerprint density at radius 1 is 1.23 bits per heavy atom. The van der Waals surface area contributed by atoms with Gasteiger partial charge in [-0.2, -0.15) is 0 Å². The van der Waals surface area contributed by atoms with Gasteiger partial charge in [0, 0.05) is 0 Å². The van der Waals surface area contributed by atoms with Crippen molar-refractivity contribution in [3.63, 3.8) is 0 Å². The Morgan fingerprint density at radius 2 is 1.69 bits per heavy atom. The minimum Gasteiger partial charge on any atom is -0.349 e. The number of amides is 2. The quantitative estimate of drug-likeness (QED) is 0.735. The van der Waals surface area contributed by atoms with Crippen LogP contribution in [-0.2, 0) is 0 Å². The maximum atomic E-state index is 12.6. The number of rotatable bonds is 1. The lowest BCUT2D eigenvalue weighted by molar-refractivity contribution is 0.241. The van der Waals surface area contributed by atoms with Crippen LogP contribution < -0.4 is 10.9 Å². The van der Waals surface area contributed by atoms with Crippen molar-refractivity contribution < 1.29 is 9.28 Å². The van der Waals surface area contributed by atoms with E-state index in [1.54, 1.807) is 18.2 Å². The van der Waals surface area contributed by atoms with Gasteiger partial charge in [-0.05, 0) is 12.1 Å². The first-order valence-electron chi connectivity index (χ1n) is 3.02. The second-order valence-electron chi connectivity index (χ2n) is 1.95. The molecule has 0 aliphatic rings. The first kappa shape index (κ1) is 14.5. The molecule has 1 aromatic rings. The van der Waals surface area contributed by atoms with Crippen LogP contribution in [0.25, 0.3) is 0 Å². The number of urea groups is 1. The smallest absolute Gasteiger partial charge is 0.347 e. The van der Waals surface area contributed by atoms with E-state index in [0.717, 1.165) is 0 Å². The summed E-state index contributed by atoms with van der Waals surface area (Å²) in [5.41, 5.74) is 4.82. The fraction of sp³-hybridized carbons (Fsp3) is 0. The molecule has 0 aliphatic carbocycles. The number of benzene rings is 1. The molecule has 1 rings (SSSR count). The van der Waals surface area contributed by atoms with E-state index in [2.05, 4.69) is 5.73 Å². The van der Waals surface area contributed by atoms with Crippen LogP contribution >= 0.6 is 24.8 Å². The number of para-hydroxylation sites is 1. The van der Waals surface area contributed by atoms with Crippen molar-refractivity contribution in [3.05, 3.63) is 30.3 Å². The lowest BCUT2D eigenvalue weighted by Gasteiger charge is -2.06. The van der Waals surface area contributed by atoms with E-state index < -0.39 is 6.03 Å². The molecular formula is C7H9Cl2FN2O. The van der Waals surface area contributed by atoms with E-state index in [1.807, 2.05) is 0 Å². The molecule has 0 atom stereocenters. The number of carbonyl (C=O) groups excluding carboxylic acids is 1. The van der Waals surface area contributed by atoms with Gasteiger partial charge in [0.05, 0.1) is 5.69 Å². The topological polar surface area (TPSA) is 46.3 Å². The highest BCUT2D eigenvalue weighted by molar-refractivity contribution is 5.88. The summed E-state index contributed by atoms with van der Waals surface area (Å²) in [7, 11) is 0. The van der Waals surface area contributed by atoms with E-state index >= 15 is 0 Å². The Hall–Kier alpha value is -1.00. The molecule has 0 aliphatic heterocycles. The van der Waals surface area contributed by atoms with Crippen LogP contribution in [0.5, 0.6) is 0 Å². The normalized spacial score (nSPS) is 7.77. The summed E-state index contributed by atoms with van der Waals surface area (Å²) in [6, 6.07) is 6.74. The Labute approximate surface area is 87.5 Å². The molecular weight excluding hydrogens is 218 g/mol. The molecule has 6 heteroatoms. The minimum absolute atomic E-state index is 0. The lowest BCUT2D eigenvalue weighted by Crippen LogP contribution is -2.27. The zero-order valence-electron chi connectivity index (χ0n) is 6.51. The third kappa shape index (κ3) is 3.96. The highest BCUT2D eigenvalue weighted by Gasteiger charge is 2.08. The molecule has 2 N–H and O–H groups in total. The third-order valence-corrected chi connectivity index (χ3v) is 1.18. The zero-order chi connectivity index (χ0) is 8.27. The van der Waals surface area contributed by atoms with Crippen molar-refractivity contribution in [3.8, 4) is 0 Å². The average Bonchev–Trinajstić information content (AvgIpc) is 2.05. The molecule has 0 unspecified atom stereocenters. The fourth-order valence-electron chi connectivity index (χ4n) is 0.686. The van der Waals surface area contributed by atoms with E-state index in [4.69, 9.17) is 0 Å². The Balaban J connectivity index is 0.